The normalized spacial score (nSPS) is 10.6. The smallest absolute Gasteiger partial charge is 0.232 e. The molecule has 26 heavy (non-hydrogen) atoms. The van der Waals surface area contributed by atoms with Gasteiger partial charge < -0.3 is 5.32 Å². The summed E-state index contributed by atoms with van der Waals surface area (Å²) >= 11 is 2.92. The van der Waals surface area contributed by atoms with Crippen LogP contribution >= 0.6 is 22.7 Å². The van der Waals surface area contributed by atoms with Crippen molar-refractivity contribution in [2.75, 3.05) is 5.32 Å². The third-order valence-electron chi connectivity index (χ3n) is 3.59. The van der Waals surface area contributed by atoms with Crippen LogP contribution in [0.15, 0.2) is 65.5 Å². The van der Waals surface area contributed by atoms with Crippen LogP contribution in [0.2, 0.25) is 0 Å². The molecule has 7 heteroatoms. The first kappa shape index (κ1) is 16.6. The SMILES string of the molecule is O=C(Cc1csc(-c2ccccc2)n1)Nc1nc(-c2ccccn2)cs1. The van der Waals surface area contributed by atoms with Crippen LogP contribution < -0.4 is 5.32 Å². The lowest BCUT2D eigenvalue weighted by molar-refractivity contribution is -0.115. The minimum atomic E-state index is -0.128. The molecule has 5 nitrogen and oxygen atoms in total. The van der Waals surface area contributed by atoms with Crippen molar-refractivity contribution in [3.63, 3.8) is 0 Å². The topological polar surface area (TPSA) is 67.8 Å². The van der Waals surface area contributed by atoms with E-state index in [9.17, 15) is 4.79 Å². The predicted molar refractivity (Wildman–Crippen MR) is 105 cm³/mol. The van der Waals surface area contributed by atoms with Crippen LogP contribution in [0.5, 0.6) is 0 Å². The first-order valence-corrected chi connectivity index (χ1v) is 9.70. The standard InChI is InChI=1S/C19H14N4OS2/c24-17(10-14-11-25-18(21-14)13-6-2-1-3-7-13)23-19-22-16(12-26-19)15-8-4-5-9-20-15/h1-9,11-12H,10H2,(H,22,23,24). The Labute approximate surface area is 158 Å². The molecule has 0 fully saturated rings. The molecule has 0 bridgehead atoms. The number of nitrogens with zero attached hydrogens (tertiary/aromatic N) is 3. The highest BCUT2D eigenvalue weighted by atomic mass is 32.1. The van der Waals surface area contributed by atoms with Gasteiger partial charge in [0.25, 0.3) is 0 Å². The van der Waals surface area contributed by atoms with Gasteiger partial charge in [0, 0.05) is 22.5 Å². The van der Waals surface area contributed by atoms with Crippen LogP contribution in [-0.4, -0.2) is 20.9 Å². The third-order valence-corrected chi connectivity index (χ3v) is 5.29. The number of amides is 1. The zero-order valence-electron chi connectivity index (χ0n) is 13.6. The zero-order valence-corrected chi connectivity index (χ0v) is 15.3. The maximum atomic E-state index is 12.3. The monoisotopic (exact) mass is 378 g/mol. The Morgan fingerprint density at radius 3 is 2.58 bits per heavy atom. The van der Waals surface area contributed by atoms with Crippen molar-refractivity contribution in [1.82, 2.24) is 15.0 Å². The molecule has 128 valence electrons. The Kier molecular flexibility index (Phi) is 4.81. The zero-order chi connectivity index (χ0) is 17.8. The number of nitrogens with one attached hydrogen (secondary N) is 1. The number of rotatable bonds is 5. The number of anilines is 1. The first-order valence-electron chi connectivity index (χ1n) is 7.94. The van der Waals surface area contributed by atoms with Crippen molar-refractivity contribution < 1.29 is 4.79 Å². The largest absolute Gasteiger partial charge is 0.302 e. The fourth-order valence-electron chi connectivity index (χ4n) is 2.39. The summed E-state index contributed by atoms with van der Waals surface area (Å²) in [5.41, 5.74) is 3.36. The third kappa shape index (κ3) is 3.84. The average molecular weight is 378 g/mol. The van der Waals surface area contributed by atoms with Crippen LogP contribution in [0.25, 0.3) is 22.0 Å². The molecule has 0 aliphatic carbocycles. The summed E-state index contributed by atoms with van der Waals surface area (Å²) in [4.78, 5) is 25.5. The number of hydrogen-bond acceptors (Lipinski definition) is 6. The van der Waals surface area contributed by atoms with E-state index in [4.69, 9.17) is 0 Å². The number of carbonyl (C=O) groups is 1. The summed E-state index contributed by atoms with van der Waals surface area (Å²) in [5.74, 6) is -0.128. The second-order valence-electron chi connectivity index (χ2n) is 5.49. The summed E-state index contributed by atoms with van der Waals surface area (Å²) in [6.45, 7) is 0. The number of benzene rings is 1. The van der Waals surface area contributed by atoms with Crippen LogP contribution in [0.3, 0.4) is 0 Å². The summed E-state index contributed by atoms with van der Waals surface area (Å²) in [6, 6.07) is 15.6. The Morgan fingerprint density at radius 1 is 0.923 bits per heavy atom. The van der Waals surface area contributed by atoms with Gasteiger partial charge in [-0.15, -0.1) is 22.7 Å². The fourth-order valence-corrected chi connectivity index (χ4v) is 3.94. The second kappa shape index (κ2) is 7.55. The molecule has 0 saturated heterocycles. The van der Waals surface area contributed by atoms with Crippen molar-refractivity contribution in [2.45, 2.75) is 6.42 Å². The van der Waals surface area contributed by atoms with E-state index in [-0.39, 0.29) is 12.3 Å². The van der Waals surface area contributed by atoms with Gasteiger partial charge >= 0.3 is 0 Å². The van der Waals surface area contributed by atoms with Crippen LogP contribution in [0.4, 0.5) is 5.13 Å². The molecular weight excluding hydrogens is 364 g/mol. The number of thiazole rings is 2. The van der Waals surface area contributed by atoms with Gasteiger partial charge in [0.2, 0.25) is 5.91 Å². The average Bonchev–Trinajstić information content (AvgIpc) is 3.33. The lowest BCUT2D eigenvalue weighted by Crippen LogP contribution is -2.14. The van der Waals surface area contributed by atoms with E-state index in [0.29, 0.717) is 5.13 Å². The molecule has 0 spiro atoms. The predicted octanol–water partition coefficient (Wildman–Crippen LogP) is 4.51. The Balaban J connectivity index is 1.40. The van der Waals surface area contributed by atoms with E-state index >= 15 is 0 Å². The van der Waals surface area contributed by atoms with Gasteiger partial charge in [-0.1, -0.05) is 36.4 Å². The molecule has 1 aromatic carbocycles. The molecule has 3 heterocycles. The fraction of sp³-hybridized carbons (Fsp3) is 0.0526. The molecule has 0 unspecified atom stereocenters. The molecular formula is C19H14N4OS2. The maximum Gasteiger partial charge on any atom is 0.232 e. The summed E-state index contributed by atoms with van der Waals surface area (Å²) in [7, 11) is 0. The first-order chi connectivity index (χ1) is 12.8. The van der Waals surface area contributed by atoms with Crippen molar-refractivity contribution in [1.29, 1.82) is 0 Å². The molecule has 0 aliphatic rings. The van der Waals surface area contributed by atoms with Gasteiger partial charge in [0.15, 0.2) is 5.13 Å². The lowest BCUT2D eigenvalue weighted by Gasteiger charge is -1.99. The lowest BCUT2D eigenvalue weighted by atomic mass is 10.2. The van der Waals surface area contributed by atoms with E-state index in [1.807, 2.05) is 59.3 Å². The van der Waals surface area contributed by atoms with E-state index in [2.05, 4.69) is 20.3 Å². The van der Waals surface area contributed by atoms with Crippen molar-refractivity contribution in [3.8, 4) is 22.0 Å². The van der Waals surface area contributed by atoms with E-state index in [0.717, 1.165) is 27.7 Å². The van der Waals surface area contributed by atoms with Gasteiger partial charge in [-0.25, -0.2) is 9.97 Å². The van der Waals surface area contributed by atoms with Crippen molar-refractivity contribution in [2.24, 2.45) is 0 Å². The number of hydrogen-bond donors (Lipinski definition) is 1. The summed E-state index contributed by atoms with van der Waals surface area (Å²) in [5, 5.41) is 8.12. The van der Waals surface area contributed by atoms with Gasteiger partial charge in [-0.05, 0) is 12.1 Å². The van der Waals surface area contributed by atoms with E-state index < -0.39 is 0 Å². The van der Waals surface area contributed by atoms with E-state index in [1.165, 1.54) is 22.7 Å². The molecule has 1 N–H and O–H groups in total. The number of aromatic nitrogens is 3. The molecule has 1 amide bonds. The quantitative estimate of drug-likeness (QED) is 0.555. The molecule has 0 radical (unpaired) electrons. The minimum absolute atomic E-state index is 0.128. The van der Waals surface area contributed by atoms with Gasteiger partial charge in [-0.2, -0.15) is 0 Å². The van der Waals surface area contributed by atoms with Crippen LogP contribution in [0, 0.1) is 0 Å². The van der Waals surface area contributed by atoms with Crippen LogP contribution in [0.1, 0.15) is 5.69 Å². The highest BCUT2D eigenvalue weighted by Gasteiger charge is 2.12. The van der Waals surface area contributed by atoms with Gasteiger partial charge in [0.05, 0.1) is 17.8 Å². The molecule has 0 saturated carbocycles. The molecule has 0 aliphatic heterocycles. The molecule has 4 rings (SSSR count). The summed E-state index contributed by atoms with van der Waals surface area (Å²) in [6.07, 6.45) is 1.95. The molecule has 3 aromatic heterocycles. The Hall–Kier alpha value is -2.90. The second-order valence-corrected chi connectivity index (χ2v) is 7.20. The van der Waals surface area contributed by atoms with Crippen molar-refractivity contribution >= 4 is 33.7 Å². The Bertz CT molecular complexity index is 930. The van der Waals surface area contributed by atoms with Gasteiger partial charge in [-0.3, -0.25) is 9.78 Å². The highest BCUT2D eigenvalue weighted by Crippen LogP contribution is 2.25. The van der Waals surface area contributed by atoms with Gasteiger partial charge in [0.1, 0.15) is 10.7 Å². The number of carbonyl (C=O) groups excluding carboxylic acids is 1. The number of pyridine rings is 1. The molecule has 4 aromatic rings. The maximum absolute atomic E-state index is 12.3. The van der Waals surface area contributed by atoms with E-state index in [1.54, 1.807) is 6.20 Å². The Morgan fingerprint density at radius 2 is 1.77 bits per heavy atom. The summed E-state index contributed by atoms with van der Waals surface area (Å²) < 4.78 is 0. The minimum Gasteiger partial charge on any atom is -0.302 e. The van der Waals surface area contributed by atoms with Crippen LogP contribution in [-0.2, 0) is 11.2 Å². The molecule has 0 atom stereocenters. The highest BCUT2D eigenvalue weighted by molar-refractivity contribution is 7.14. The van der Waals surface area contributed by atoms with Crippen molar-refractivity contribution in [3.05, 3.63) is 71.2 Å².